The lowest BCUT2D eigenvalue weighted by atomic mass is 9.93. The zero-order valence-electron chi connectivity index (χ0n) is 11.5. The zero-order chi connectivity index (χ0) is 13.7. The molecule has 1 atom stereocenters. The van der Waals surface area contributed by atoms with Crippen LogP contribution in [0, 0.1) is 0 Å². The third-order valence-corrected chi connectivity index (χ3v) is 3.57. The summed E-state index contributed by atoms with van der Waals surface area (Å²) >= 11 is 6.12. The van der Waals surface area contributed by atoms with E-state index < -0.39 is 0 Å². The van der Waals surface area contributed by atoms with Crippen molar-refractivity contribution < 1.29 is 0 Å². The molecule has 2 rings (SSSR count). The topological polar surface area (TPSA) is 12.0 Å². The molecule has 0 spiro atoms. The number of hydrogen-bond donors (Lipinski definition) is 1. The van der Waals surface area contributed by atoms with Gasteiger partial charge in [-0.25, -0.2) is 0 Å². The normalized spacial score (nSPS) is 12.4. The van der Waals surface area contributed by atoms with Crippen molar-refractivity contribution in [2.45, 2.75) is 26.3 Å². The average Bonchev–Trinajstić information content (AvgIpc) is 2.45. The van der Waals surface area contributed by atoms with Gasteiger partial charge in [0.15, 0.2) is 0 Å². The van der Waals surface area contributed by atoms with Gasteiger partial charge in [0, 0.05) is 5.02 Å². The molecule has 1 N–H and O–H groups in total. The second kappa shape index (κ2) is 6.74. The summed E-state index contributed by atoms with van der Waals surface area (Å²) < 4.78 is 0. The third-order valence-electron chi connectivity index (χ3n) is 3.34. The highest BCUT2D eigenvalue weighted by molar-refractivity contribution is 6.30. The van der Waals surface area contributed by atoms with Crippen LogP contribution in [0.3, 0.4) is 0 Å². The predicted octanol–water partition coefficient (Wildman–Crippen LogP) is 4.60. The monoisotopic (exact) mass is 273 g/mol. The molecule has 0 aliphatic carbocycles. The SMILES string of the molecule is CCNC(c1cccc(Cl)c1)c1ccccc1CC. The Morgan fingerprint density at radius 3 is 2.53 bits per heavy atom. The number of halogens is 1. The summed E-state index contributed by atoms with van der Waals surface area (Å²) in [6.45, 7) is 5.25. The van der Waals surface area contributed by atoms with Crippen LogP contribution in [-0.2, 0) is 6.42 Å². The van der Waals surface area contributed by atoms with Crippen molar-refractivity contribution in [3.05, 3.63) is 70.2 Å². The maximum absolute atomic E-state index is 6.12. The van der Waals surface area contributed by atoms with Gasteiger partial charge in [0.2, 0.25) is 0 Å². The quantitative estimate of drug-likeness (QED) is 0.839. The highest BCUT2D eigenvalue weighted by Crippen LogP contribution is 2.27. The van der Waals surface area contributed by atoms with Gasteiger partial charge in [0.1, 0.15) is 0 Å². The number of hydrogen-bond acceptors (Lipinski definition) is 1. The summed E-state index contributed by atoms with van der Waals surface area (Å²) in [6, 6.07) is 16.9. The van der Waals surface area contributed by atoms with Gasteiger partial charge in [-0.15, -0.1) is 0 Å². The first kappa shape index (κ1) is 14.1. The van der Waals surface area contributed by atoms with Crippen LogP contribution >= 0.6 is 11.6 Å². The first-order valence-corrected chi connectivity index (χ1v) is 7.20. The van der Waals surface area contributed by atoms with Gasteiger partial charge < -0.3 is 5.32 Å². The minimum absolute atomic E-state index is 0.208. The van der Waals surface area contributed by atoms with E-state index in [4.69, 9.17) is 11.6 Å². The molecule has 0 saturated heterocycles. The molecule has 1 nitrogen and oxygen atoms in total. The molecule has 0 aromatic heterocycles. The Labute approximate surface area is 120 Å². The van der Waals surface area contributed by atoms with E-state index in [-0.39, 0.29) is 6.04 Å². The highest BCUT2D eigenvalue weighted by Gasteiger charge is 2.15. The summed E-state index contributed by atoms with van der Waals surface area (Å²) in [6.07, 6.45) is 1.04. The van der Waals surface area contributed by atoms with E-state index in [1.807, 2.05) is 18.2 Å². The van der Waals surface area contributed by atoms with Gasteiger partial charge in [-0.1, -0.05) is 61.8 Å². The van der Waals surface area contributed by atoms with E-state index >= 15 is 0 Å². The number of aryl methyl sites for hydroxylation is 1. The van der Waals surface area contributed by atoms with Crippen molar-refractivity contribution in [3.8, 4) is 0 Å². The van der Waals surface area contributed by atoms with Crippen LogP contribution in [0.4, 0.5) is 0 Å². The Bertz CT molecular complexity index is 536. The largest absolute Gasteiger partial charge is 0.307 e. The molecule has 0 aliphatic heterocycles. The van der Waals surface area contributed by atoms with E-state index in [1.54, 1.807) is 0 Å². The zero-order valence-corrected chi connectivity index (χ0v) is 12.2. The van der Waals surface area contributed by atoms with Crippen molar-refractivity contribution in [3.63, 3.8) is 0 Å². The lowest BCUT2D eigenvalue weighted by Gasteiger charge is -2.22. The molecule has 0 radical (unpaired) electrons. The van der Waals surface area contributed by atoms with Crippen molar-refractivity contribution in [2.24, 2.45) is 0 Å². The molecule has 2 aromatic rings. The molecule has 0 amide bonds. The van der Waals surface area contributed by atoms with Gasteiger partial charge in [-0.05, 0) is 41.8 Å². The fraction of sp³-hybridized carbons (Fsp3) is 0.294. The Morgan fingerprint density at radius 2 is 1.84 bits per heavy atom. The number of rotatable bonds is 5. The van der Waals surface area contributed by atoms with Gasteiger partial charge in [-0.2, -0.15) is 0 Å². The van der Waals surface area contributed by atoms with Crippen LogP contribution in [0.1, 0.15) is 36.6 Å². The highest BCUT2D eigenvalue weighted by atomic mass is 35.5. The molecule has 0 fully saturated rings. The third kappa shape index (κ3) is 3.37. The molecule has 0 bridgehead atoms. The van der Waals surface area contributed by atoms with Crippen molar-refractivity contribution in [1.82, 2.24) is 5.32 Å². The standard InChI is InChI=1S/C17H20ClN/c1-3-13-8-5-6-11-16(13)17(19-4-2)14-9-7-10-15(18)12-14/h5-12,17,19H,3-4H2,1-2H3. The Kier molecular flexibility index (Phi) is 5.00. The molecule has 2 heteroatoms. The van der Waals surface area contributed by atoms with Gasteiger partial charge in [0.05, 0.1) is 6.04 Å². The molecular weight excluding hydrogens is 254 g/mol. The molecule has 2 aromatic carbocycles. The molecule has 19 heavy (non-hydrogen) atoms. The molecule has 0 aliphatic rings. The van der Waals surface area contributed by atoms with E-state index in [2.05, 4.69) is 49.5 Å². The van der Waals surface area contributed by atoms with E-state index in [9.17, 15) is 0 Å². The van der Waals surface area contributed by atoms with Crippen molar-refractivity contribution >= 4 is 11.6 Å². The van der Waals surface area contributed by atoms with Gasteiger partial charge in [0.25, 0.3) is 0 Å². The minimum atomic E-state index is 0.208. The predicted molar refractivity (Wildman–Crippen MR) is 82.8 cm³/mol. The van der Waals surface area contributed by atoms with Crippen LogP contribution < -0.4 is 5.32 Å². The fourth-order valence-corrected chi connectivity index (χ4v) is 2.63. The first-order chi connectivity index (χ1) is 9.26. The molecular formula is C17H20ClN. The van der Waals surface area contributed by atoms with Gasteiger partial charge in [-0.3, -0.25) is 0 Å². The molecule has 0 heterocycles. The van der Waals surface area contributed by atoms with Crippen LogP contribution in [0.15, 0.2) is 48.5 Å². The molecule has 1 unspecified atom stereocenters. The molecule has 0 saturated carbocycles. The second-order valence-electron chi connectivity index (χ2n) is 4.60. The smallest absolute Gasteiger partial charge is 0.0579 e. The van der Waals surface area contributed by atoms with E-state index in [1.165, 1.54) is 16.7 Å². The summed E-state index contributed by atoms with van der Waals surface area (Å²) in [5.41, 5.74) is 3.94. The van der Waals surface area contributed by atoms with E-state index in [0.29, 0.717) is 0 Å². The maximum Gasteiger partial charge on any atom is 0.0579 e. The summed E-state index contributed by atoms with van der Waals surface area (Å²) in [5.74, 6) is 0. The van der Waals surface area contributed by atoms with Crippen LogP contribution in [-0.4, -0.2) is 6.54 Å². The summed E-state index contributed by atoms with van der Waals surface area (Å²) in [7, 11) is 0. The average molecular weight is 274 g/mol. The van der Waals surface area contributed by atoms with Crippen LogP contribution in [0.5, 0.6) is 0 Å². The number of benzene rings is 2. The minimum Gasteiger partial charge on any atom is -0.307 e. The van der Waals surface area contributed by atoms with Crippen molar-refractivity contribution in [2.75, 3.05) is 6.54 Å². The van der Waals surface area contributed by atoms with E-state index in [0.717, 1.165) is 18.0 Å². The lowest BCUT2D eigenvalue weighted by molar-refractivity contribution is 0.625. The lowest BCUT2D eigenvalue weighted by Crippen LogP contribution is -2.23. The fourth-order valence-electron chi connectivity index (χ4n) is 2.44. The first-order valence-electron chi connectivity index (χ1n) is 6.83. The molecule has 100 valence electrons. The Morgan fingerprint density at radius 1 is 1.05 bits per heavy atom. The Hall–Kier alpha value is -1.31. The van der Waals surface area contributed by atoms with Gasteiger partial charge >= 0.3 is 0 Å². The summed E-state index contributed by atoms with van der Waals surface area (Å²) in [4.78, 5) is 0. The summed E-state index contributed by atoms with van der Waals surface area (Å²) in [5, 5.41) is 4.34. The Balaban J connectivity index is 2.45. The maximum atomic E-state index is 6.12. The van der Waals surface area contributed by atoms with Crippen LogP contribution in [0.25, 0.3) is 0 Å². The second-order valence-corrected chi connectivity index (χ2v) is 5.03. The van der Waals surface area contributed by atoms with Crippen LogP contribution in [0.2, 0.25) is 5.02 Å². The number of nitrogens with one attached hydrogen (secondary N) is 1. The van der Waals surface area contributed by atoms with Crippen molar-refractivity contribution in [1.29, 1.82) is 0 Å².